The molecule has 2 heterocycles. The molecule has 6 nitrogen and oxygen atoms in total. The number of rotatable bonds is 4. The van der Waals surface area contributed by atoms with E-state index in [0.29, 0.717) is 18.5 Å². The molecule has 1 saturated heterocycles. The number of guanidine groups is 1. The third kappa shape index (κ3) is 6.29. The van der Waals surface area contributed by atoms with Crippen molar-refractivity contribution in [3.05, 3.63) is 23.9 Å². The van der Waals surface area contributed by atoms with E-state index in [1.165, 1.54) is 32.1 Å². The van der Waals surface area contributed by atoms with E-state index in [2.05, 4.69) is 38.2 Å². The van der Waals surface area contributed by atoms with Crippen molar-refractivity contribution < 1.29 is 0 Å². The maximum atomic E-state index is 6.06. The largest absolute Gasteiger partial charge is 0.370 e. The van der Waals surface area contributed by atoms with Crippen molar-refractivity contribution in [1.29, 1.82) is 0 Å². The van der Waals surface area contributed by atoms with Crippen molar-refractivity contribution >= 4 is 35.8 Å². The maximum Gasteiger partial charge on any atom is 0.189 e. The van der Waals surface area contributed by atoms with Crippen molar-refractivity contribution in [2.75, 3.05) is 38.1 Å². The summed E-state index contributed by atoms with van der Waals surface area (Å²) in [6, 6.07) is 4.67. The summed E-state index contributed by atoms with van der Waals surface area (Å²) in [6.45, 7) is 4.84. The molecule has 0 atom stereocenters. The highest BCUT2D eigenvalue weighted by Crippen LogP contribution is 2.17. The van der Waals surface area contributed by atoms with Crippen LogP contribution in [0.15, 0.2) is 23.3 Å². The van der Waals surface area contributed by atoms with Crippen LogP contribution in [0.5, 0.6) is 0 Å². The number of nitrogens with zero attached hydrogens (tertiary/aromatic N) is 4. The van der Waals surface area contributed by atoms with Gasteiger partial charge in [-0.1, -0.05) is 19.3 Å². The molecular weight excluding hydrogens is 427 g/mol. The topological polar surface area (TPSA) is 69.8 Å². The Morgan fingerprint density at radius 1 is 1.24 bits per heavy atom. The predicted octanol–water partition coefficient (Wildman–Crippen LogP) is 2.19. The smallest absolute Gasteiger partial charge is 0.189 e. The number of anilines is 1. The Morgan fingerprint density at radius 3 is 2.68 bits per heavy atom. The van der Waals surface area contributed by atoms with Gasteiger partial charge in [-0.15, -0.1) is 24.0 Å². The van der Waals surface area contributed by atoms with Crippen molar-refractivity contribution in [3.8, 4) is 0 Å². The van der Waals surface area contributed by atoms with Crippen LogP contribution in [0.4, 0.5) is 5.82 Å². The minimum Gasteiger partial charge on any atom is -0.370 e. The van der Waals surface area contributed by atoms with E-state index in [1.807, 2.05) is 12.3 Å². The highest BCUT2D eigenvalue weighted by atomic mass is 127. The van der Waals surface area contributed by atoms with Crippen LogP contribution in [0, 0.1) is 0 Å². The lowest BCUT2D eigenvalue weighted by Gasteiger charge is -2.33. The normalized spacial score (nSPS) is 20.2. The van der Waals surface area contributed by atoms with E-state index in [9.17, 15) is 0 Å². The van der Waals surface area contributed by atoms with Crippen LogP contribution in [0.25, 0.3) is 0 Å². The molecule has 3 rings (SSSR count). The Hall–Kier alpha value is -1.09. The number of aromatic nitrogens is 1. The first-order valence-corrected chi connectivity index (χ1v) is 9.15. The van der Waals surface area contributed by atoms with Crippen molar-refractivity contribution in [2.24, 2.45) is 10.7 Å². The monoisotopic (exact) mass is 458 g/mol. The molecule has 0 unspecified atom stereocenters. The van der Waals surface area contributed by atoms with Crippen LogP contribution in [0.3, 0.4) is 0 Å². The lowest BCUT2D eigenvalue weighted by Crippen LogP contribution is -2.44. The quantitative estimate of drug-likeness (QED) is 0.411. The fraction of sp³-hybridized carbons (Fsp3) is 0.667. The van der Waals surface area contributed by atoms with Gasteiger partial charge in [0.05, 0.1) is 6.54 Å². The Morgan fingerprint density at radius 2 is 1.96 bits per heavy atom. The van der Waals surface area contributed by atoms with Gasteiger partial charge in [-0.3, -0.25) is 0 Å². The number of likely N-dealkylation sites (N-methyl/N-ethyl adjacent to an activating group) is 1. The van der Waals surface area contributed by atoms with E-state index in [0.717, 1.165) is 37.6 Å². The summed E-state index contributed by atoms with van der Waals surface area (Å²) in [5.74, 6) is 1.62. The first kappa shape index (κ1) is 20.2. The van der Waals surface area contributed by atoms with Crippen LogP contribution >= 0.6 is 24.0 Å². The second kappa shape index (κ2) is 10.2. The Balaban J connectivity index is 0.00000225. The molecule has 25 heavy (non-hydrogen) atoms. The molecule has 1 aliphatic carbocycles. The van der Waals surface area contributed by atoms with Crippen LogP contribution in [0.1, 0.15) is 37.7 Å². The average Bonchev–Trinajstić information content (AvgIpc) is 2.62. The summed E-state index contributed by atoms with van der Waals surface area (Å²) < 4.78 is 0. The van der Waals surface area contributed by atoms with Crippen molar-refractivity contribution in [3.63, 3.8) is 0 Å². The fourth-order valence-corrected chi connectivity index (χ4v) is 3.45. The van der Waals surface area contributed by atoms with E-state index in [1.54, 1.807) is 0 Å². The molecule has 140 valence electrons. The minimum atomic E-state index is 0. The average molecular weight is 458 g/mol. The van der Waals surface area contributed by atoms with Gasteiger partial charge in [0, 0.05) is 38.4 Å². The number of nitrogens with two attached hydrogens (primary N) is 1. The summed E-state index contributed by atoms with van der Waals surface area (Å²) in [5.41, 5.74) is 7.22. The van der Waals surface area contributed by atoms with Gasteiger partial charge in [0.2, 0.25) is 0 Å². The highest BCUT2D eigenvalue weighted by molar-refractivity contribution is 14.0. The lowest BCUT2D eigenvalue weighted by molar-refractivity contribution is 0.312. The summed E-state index contributed by atoms with van der Waals surface area (Å²) in [6.07, 6.45) is 8.23. The lowest BCUT2D eigenvalue weighted by atomic mass is 9.96. The van der Waals surface area contributed by atoms with Gasteiger partial charge in [0.25, 0.3) is 0 Å². The zero-order valence-corrected chi connectivity index (χ0v) is 17.5. The summed E-state index contributed by atoms with van der Waals surface area (Å²) in [4.78, 5) is 13.7. The van der Waals surface area contributed by atoms with Gasteiger partial charge in [-0.2, -0.15) is 0 Å². The van der Waals surface area contributed by atoms with E-state index in [4.69, 9.17) is 5.73 Å². The van der Waals surface area contributed by atoms with E-state index < -0.39 is 0 Å². The second-order valence-corrected chi connectivity index (χ2v) is 6.99. The molecule has 0 amide bonds. The molecule has 1 aromatic rings. The van der Waals surface area contributed by atoms with E-state index >= 15 is 0 Å². The third-order valence-electron chi connectivity index (χ3n) is 5.03. The summed E-state index contributed by atoms with van der Waals surface area (Å²) in [7, 11) is 2.16. The zero-order chi connectivity index (χ0) is 16.8. The molecule has 1 saturated carbocycles. The second-order valence-electron chi connectivity index (χ2n) is 6.99. The molecule has 0 bridgehead atoms. The third-order valence-corrected chi connectivity index (χ3v) is 5.03. The van der Waals surface area contributed by atoms with Gasteiger partial charge < -0.3 is 20.9 Å². The predicted molar refractivity (Wildman–Crippen MR) is 115 cm³/mol. The SMILES string of the molecule is CN1CCN(c2cc(CN=C(N)NC3CCCCC3)ccn2)CC1.I. The first-order chi connectivity index (χ1) is 11.7. The molecule has 2 fully saturated rings. The Kier molecular flexibility index (Phi) is 8.21. The van der Waals surface area contributed by atoms with Gasteiger partial charge in [0.15, 0.2) is 5.96 Å². The van der Waals surface area contributed by atoms with Crippen LogP contribution in [0.2, 0.25) is 0 Å². The van der Waals surface area contributed by atoms with Crippen LogP contribution < -0.4 is 16.0 Å². The molecule has 7 heteroatoms. The standard InChI is InChI=1S/C18H30N6.HI/c1-23-9-11-24(12-10-23)17-13-15(7-8-20-17)14-21-18(19)22-16-5-3-2-4-6-16;/h7-8,13,16H,2-6,9-12,14H2,1H3,(H3,19,21,22);1H. The maximum absolute atomic E-state index is 6.06. The summed E-state index contributed by atoms with van der Waals surface area (Å²) >= 11 is 0. The Bertz CT molecular complexity index is 550. The highest BCUT2D eigenvalue weighted by Gasteiger charge is 2.15. The van der Waals surface area contributed by atoms with Crippen molar-refractivity contribution in [2.45, 2.75) is 44.7 Å². The molecule has 1 aliphatic heterocycles. The molecule has 1 aromatic heterocycles. The Labute approximate surface area is 168 Å². The number of nitrogens with one attached hydrogen (secondary N) is 1. The van der Waals surface area contributed by atoms with Crippen molar-refractivity contribution in [1.82, 2.24) is 15.2 Å². The molecule has 2 aliphatic rings. The van der Waals surface area contributed by atoms with Crippen LogP contribution in [-0.4, -0.2) is 55.1 Å². The molecule has 0 aromatic carbocycles. The number of piperazine rings is 1. The molecule has 3 N–H and O–H groups in total. The minimum absolute atomic E-state index is 0. The molecule has 0 spiro atoms. The number of hydrogen-bond acceptors (Lipinski definition) is 4. The van der Waals surface area contributed by atoms with Gasteiger partial charge in [-0.05, 0) is 37.6 Å². The summed E-state index contributed by atoms with van der Waals surface area (Å²) in [5, 5.41) is 3.37. The number of pyridine rings is 1. The van der Waals surface area contributed by atoms with Gasteiger partial charge in [-0.25, -0.2) is 9.98 Å². The first-order valence-electron chi connectivity index (χ1n) is 9.15. The van der Waals surface area contributed by atoms with E-state index in [-0.39, 0.29) is 24.0 Å². The van der Waals surface area contributed by atoms with Crippen LogP contribution in [-0.2, 0) is 6.54 Å². The fourth-order valence-electron chi connectivity index (χ4n) is 3.45. The van der Waals surface area contributed by atoms with Gasteiger partial charge in [0.1, 0.15) is 5.82 Å². The zero-order valence-electron chi connectivity index (χ0n) is 15.2. The number of halogens is 1. The molecule has 0 radical (unpaired) electrons. The number of aliphatic imine (C=N–C) groups is 1. The number of hydrogen-bond donors (Lipinski definition) is 2. The van der Waals surface area contributed by atoms with Gasteiger partial charge >= 0.3 is 0 Å². The molecular formula is C18H31IN6.